The molecule has 0 atom stereocenters. The molecule has 0 bridgehead atoms. The van der Waals surface area contributed by atoms with E-state index in [4.69, 9.17) is 4.74 Å². The summed E-state index contributed by atoms with van der Waals surface area (Å²) < 4.78 is 6.96. The van der Waals surface area contributed by atoms with Crippen LogP contribution in [0.3, 0.4) is 0 Å². The van der Waals surface area contributed by atoms with Gasteiger partial charge in [0.15, 0.2) is 0 Å². The summed E-state index contributed by atoms with van der Waals surface area (Å²) >= 11 is 3.58. The van der Waals surface area contributed by atoms with Crippen molar-refractivity contribution < 1.29 is 4.74 Å². The predicted molar refractivity (Wildman–Crippen MR) is 87.7 cm³/mol. The normalized spacial score (nSPS) is 17.4. The summed E-state index contributed by atoms with van der Waals surface area (Å²) in [6.07, 6.45) is 1.09. The summed E-state index contributed by atoms with van der Waals surface area (Å²) in [5, 5.41) is 0. The molecular formula is C16H25BrN2O. The van der Waals surface area contributed by atoms with Crippen molar-refractivity contribution in [2.45, 2.75) is 20.3 Å². The summed E-state index contributed by atoms with van der Waals surface area (Å²) in [5.41, 5.74) is 2.57. The van der Waals surface area contributed by atoms with Gasteiger partial charge in [-0.25, -0.2) is 0 Å². The highest BCUT2D eigenvalue weighted by Crippen LogP contribution is 2.28. The van der Waals surface area contributed by atoms with Crippen LogP contribution >= 0.6 is 15.9 Å². The number of rotatable bonds is 5. The number of hydrogen-bond acceptors (Lipinski definition) is 3. The zero-order valence-electron chi connectivity index (χ0n) is 12.8. The van der Waals surface area contributed by atoms with Gasteiger partial charge in [0.05, 0.1) is 11.1 Å². The molecule has 3 nitrogen and oxygen atoms in total. The summed E-state index contributed by atoms with van der Waals surface area (Å²) in [7, 11) is 2.19. The number of piperazine rings is 1. The molecule has 0 N–H and O–H groups in total. The molecule has 1 aromatic carbocycles. The molecule has 1 aliphatic rings. The van der Waals surface area contributed by atoms with E-state index in [1.165, 1.54) is 37.3 Å². The predicted octanol–water partition coefficient (Wildman–Crippen LogP) is 3.08. The third-order valence-corrected chi connectivity index (χ3v) is 4.64. The molecule has 1 saturated heterocycles. The van der Waals surface area contributed by atoms with Gasteiger partial charge in [0.1, 0.15) is 5.75 Å². The molecule has 1 heterocycles. The Bertz CT molecular complexity index is 442. The molecule has 0 aliphatic carbocycles. The number of ether oxygens (including phenoxy) is 1. The van der Waals surface area contributed by atoms with Gasteiger partial charge in [0.25, 0.3) is 0 Å². The lowest BCUT2D eigenvalue weighted by Crippen LogP contribution is -2.44. The van der Waals surface area contributed by atoms with Crippen molar-refractivity contribution in [1.29, 1.82) is 0 Å². The molecule has 0 amide bonds. The highest BCUT2D eigenvalue weighted by molar-refractivity contribution is 9.10. The van der Waals surface area contributed by atoms with E-state index in [0.29, 0.717) is 0 Å². The van der Waals surface area contributed by atoms with Crippen molar-refractivity contribution in [1.82, 2.24) is 9.80 Å². The van der Waals surface area contributed by atoms with Gasteiger partial charge in [-0.2, -0.15) is 0 Å². The third-order valence-electron chi connectivity index (χ3n) is 4.02. The number of halogens is 1. The van der Waals surface area contributed by atoms with E-state index >= 15 is 0 Å². The Morgan fingerprint density at radius 1 is 1.10 bits per heavy atom. The SMILES string of the molecule is Cc1cc(Br)c(OCCCN2CCN(C)CC2)cc1C. The Labute approximate surface area is 131 Å². The summed E-state index contributed by atoms with van der Waals surface area (Å²) in [5.74, 6) is 0.964. The number of nitrogens with zero attached hydrogens (tertiary/aromatic N) is 2. The van der Waals surface area contributed by atoms with Crippen LogP contribution in [0.15, 0.2) is 16.6 Å². The van der Waals surface area contributed by atoms with Crippen LogP contribution in [0, 0.1) is 13.8 Å². The first-order valence-corrected chi connectivity index (χ1v) is 8.16. The molecule has 1 aliphatic heterocycles. The van der Waals surface area contributed by atoms with Crippen molar-refractivity contribution in [3.8, 4) is 5.75 Å². The average Bonchev–Trinajstić information content (AvgIpc) is 2.42. The Balaban J connectivity index is 1.72. The maximum Gasteiger partial charge on any atom is 0.133 e. The average molecular weight is 341 g/mol. The molecule has 112 valence electrons. The fourth-order valence-corrected chi connectivity index (χ4v) is 2.98. The smallest absolute Gasteiger partial charge is 0.133 e. The monoisotopic (exact) mass is 340 g/mol. The van der Waals surface area contributed by atoms with Crippen molar-refractivity contribution >= 4 is 15.9 Å². The van der Waals surface area contributed by atoms with Crippen LogP contribution in [0.1, 0.15) is 17.5 Å². The Kier molecular flexibility index (Phi) is 5.87. The summed E-state index contributed by atoms with van der Waals surface area (Å²) in [6, 6.07) is 4.25. The van der Waals surface area contributed by atoms with Crippen LogP contribution in [-0.4, -0.2) is 56.2 Å². The van der Waals surface area contributed by atoms with Gasteiger partial charge in [0.2, 0.25) is 0 Å². The van der Waals surface area contributed by atoms with Crippen LogP contribution in [0.2, 0.25) is 0 Å². The maximum atomic E-state index is 5.90. The van der Waals surface area contributed by atoms with E-state index in [1.54, 1.807) is 0 Å². The van der Waals surface area contributed by atoms with E-state index in [0.717, 1.165) is 29.8 Å². The second-order valence-corrected chi connectivity index (χ2v) is 6.57. The van der Waals surface area contributed by atoms with Gasteiger partial charge in [-0.05, 0) is 66.5 Å². The first-order chi connectivity index (χ1) is 9.56. The van der Waals surface area contributed by atoms with Crippen molar-refractivity contribution in [3.05, 3.63) is 27.7 Å². The summed E-state index contributed by atoms with van der Waals surface area (Å²) in [6.45, 7) is 10.9. The molecule has 0 radical (unpaired) electrons. The number of likely N-dealkylation sites (N-methyl/N-ethyl adjacent to an activating group) is 1. The molecule has 0 aromatic heterocycles. The summed E-state index contributed by atoms with van der Waals surface area (Å²) in [4.78, 5) is 4.91. The van der Waals surface area contributed by atoms with Crippen molar-refractivity contribution in [2.24, 2.45) is 0 Å². The van der Waals surface area contributed by atoms with Gasteiger partial charge >= 0.3 is 0 Å². The lowest BCUT2D eigenvalue weighted by atomic mass is 10.1. The van der Waals surface area contributed by atoms with E-state index in [9.17, 15) is 0 Å². The number of benzene rings is 1. The molecule has 1 aromatic rings. The van der Waals surface area contributed by atoms with Crippen molar-refractivity contribution in [2.75, 3.05) is 46.4 Å². The van der Waals surface area contributed by atoms with Gasteiger partial charge < -0.3 is 14.5 Å². The minimum atomic E-state index is 0.785. The van der Waals surface area contributed by atoms with Crippen LogP contribution in [0.4, 0.5) is 0 Å². The number of aryl methyl sites for hydroxylation is 2. The largest absolute Gasteiger partial charge is 0.492 e. The zero-order chi connectivity index (χ0) is 14.5. The molecular weight excluding hydrogens is 316 g/mol. The van der Waals surface area contributed by atoms with E-state index in [2.05, 4.69) is 58.8 Å². The van der Waals surface area contributed by atoms with Gasteiger partial charge in [0, 0.05) is 32.7 Å². The van der Waals surface area contributed by atoms with Crippen LogP contribution in [-0.2, 0) is 0 Å². The zero-order valence-corrected chi connectivity index (χ0v) is 14.4. The minimum absolute atomic E-state index is 0.785. The molecule has 2 rings (SSSR count). The molecule has 1 fully saturated rings. The first-order valence-electron chi connectivity index (χ1n) is 7.36. The molecule has 20 heavy (non-hydrogen) atoms. The molecule has 0 unspecified atom stereocenters. The highest BCUT2D eigenvalue weighted by Gasteiger charge is 2.13. The van der Waals surface area contributed by atoms with Crippen LogP contribution < -0.4 is 4.74 Å². The van der Waals surface area contributed by atoms with Crippen molar-refractivity contribution in [3.63, 3.8) is 0 Å². The third kappa shape index (κ3) is 4.47. The molecule has 0 saturated carbocycles. The van der Waals surface area contributed by atoms with Gasteiger partial charge in [-0.3, -0.25) is 0 Å². The van der Waals surface area contributed by atoms with E-state index in [1.807, 2.05) is 0 Å². The fourth-order valence-electron chi connectivity index (χ4n) is 2.41. The Morgan fingerprint density at radius 3 is 2.45 bits per heavy atom. The van der Waals surface area contributed by atoms with Crippen LogP contribution in [0.5, 0.6) is 5.75 Å². The topological polar surface area (TPSA) is 15.7 Å². The molecule has 4 heteroatoms. The lowest BCUT2D eigenvalue weighted by Gasteiger charge is -2.32. The van der Waals surface area contributed by atoms with Crippen LogP contribution in [0.25, 0.3) is 0 Å². The second kappa shape index (κ2) is 7.43. The lowest BCUT2D eigenvalue weighted by molar-refractivity contribution is 0.145. The van der Waals surface area contributed by atoms with Gasteiger partial charge in [-0.15, -0.1) is 0 Å². The maximum absolute atomic E-state index is 5.90. The Hall–Kier alpha value is -0.580. The number of hydrogen-bond donors (Lipinski definition) is 0. The fraction of sp³-hybridized carbons (Fsp3) is 0.625. The standard InChI is InChI=1S/C16H25BrN2O/c1-13-11-15(17)16(12-14(13)2)20-10-4-5-19-8-6-18(3)7-9-19/h11-12H,4-10H2,1-3H3. The quantitative estimate of drug-likeness (QED) is 0.766. The highest BCUT2D eigenvalue weighted by atomic mass is 79.9. The Morgan fingerprint density at radius 2 is 1.75 bits per heavy atom. The first kappa shape index (κ1) is 15.8. The second-order valence-electron chi connectivity index (χ2n) is 5.71. The minimum Gasteiger partial charge on any atom is -0.492 e. The molecule has 0 spiro atoms. The van der Waals surface area contributed by atoms with E-state index in [-0.39, 0.29) is 0 Å². The van der Waals surface area contributed by atoms with Gasteiger partial charge in [-0.1, -0.05) is 0 Å². The van der Waals surface area contributed by atoms with E-state index < -0.39 is 0 Å².